The number of phenols is 1. The fraction of sp³-hybridized carbons (Fsp3) is 0.324. The third kappa shape index (κ3) is 6.99. The number of halogens is 7. The average Bonchev–Trinajstić information content (AvgIpc) is 3.27. The van der Waals surface area contributed by atoms with Crippen molar-refractivity contribution in [3.63, 3.8) is 0 Å². The number of imide groups is 1. The first-order valence-corrected chi connectivity index (χ1v) is 15.1. The van der Waals surface area contributed by atoms with Crippen LogP contribution in [-0.4, -0.2) is 44.8 Å². The zero-order valence-corrected chi connectivity index (χ0v) is 25.9. The summed E-state index contributed by atoms with van der Waals surface area (Å²) < 4.78 is 81.4. The molecule has 3 N–H and O–H groups in total. The molecule has 2 aromatic carbocycles. The number of pyridine rings is 1. The maximum Gasteiger partial charge on any atom is 0.416 e. The summed E-state index contributed by atoms with van der Waals surface area (Å²) in [7, 11) is 0. The number of carbonyl (C=O) groups is 2. The molecule has 0 bridgehead atoms. The Labute approximate surface area is 275 Å². The number of anilines is 1. The Morgan fingerprint density at radius 3 is 2.25 bits per heavy atom. The van der Waals surface area contributed by atoms with E-state index in [0.29, 0.717) is 39.4 Å². The Bertz CT molecular complexity index is 1760. The monoisotopic (exact) mass is 694 g/mol. The molecule has 7 nitrogen and oxygen atoms in total. The van der Waals surface area contributed by atoms with E-state index in [1.165, 1.54) is 12.1 Å². The van der Waals surface area contributed by atoms with E-state index in [-0.39, 0.29) is 41.7 Å². The number of fused-ring (bicyclic) bond motifs is 1. The first-order chi connectivity index (χ1) is 22.5. The van der Waals surface area contributed by atoms with Crippen LogP contribution in [-0.2, 0) is 21.9 Å². The molecule has 5 rings (SSSR count). The Morgan fingerprint density at radius 1 is 1.02 bits per heavy atom. The number of aliphatic hydroxyl groups excluding tert-OH is 2. The summed E-state index contributed by atoms with van der Waals surface area (Å²) in [6.45, 7) is 0.871. The second-order valence-electron chi connectivity index (χ2n) is 11.8. The van der Waals surface area contributed by atoms with Crippen LogP contribution >= 0.6 is 11.6 Å². The van der Waals surface area contributed by atoms with Gasteiger partial charge in [0.15, 0.2) is 0 Å². The molecule has 0 radical (unpaired) electrons. The molecule has 14 heteroatoms. The third-order valence-electron chi connectivity index (χ3n) is 8.71. The van der Waals surface area contributed by atoms with Crippen LogP contribution in [0.2, 0.25) is 5.02 Å². The van der Waals surface area contributed by atoms with Gasteiger partial charge in [0.25, 0.3) is 0 Å². The zero-order valence-electron chi connectivity index (χ0n) is 25.2. The van der Waals surface area contributed by atoms with Crippen molar-refractivity contribution in [1.29, 1.82) is 0 Å². The van der Waals surface area contributed by atoms with Crippen LogP contribution in [0.1, 0.15) is 48.6 Å². The highest BCUT2D eigenvalue weighted by Gasteiger charge is 2.55. The number of phenolic OH excluding ortho intramolecular Hbond substituents is 1. The Morgan fingerprint density at radius 2 is 1.69 bits per heavy atom. The quantitative estimate of drug-likeness (QED) is 0.130. The van der Waals surface area contributed by atoms with Gasteiger partial charge in [-0.3, -0.25) is 14.6 Å². The normalized spacial score (nSPS) is 21.2. The van der Waals surface area contributed by atoms with E-state index in [4.69, 9.17) is 11.6 Å². The number of rotatable bonds is 8. The van der Waals surface area contributed by atoms with E-state index in [1.807, 2.05) is 0 Å². The van der Waals surface area contributed by atoms with E-state index in [0.717, 1.165) is 0 Å². The van der Waals surface area contributed by atoms with E-state index in [9.17, 15) is 51.3 Å². The van der Waals surface area contributed by atoms with Crippen molar-refractivity contribution in [1.82, 2.24) is 4.98 Å². The first-order valence-electron chi connectivity index (χ1n) is 14.8. The molecule has 2 amide bonds. The van der Waals surface area contributed by atoms with Gasteiger partial charge in [-0.25, -0.2) is 4.90 Å². The van der Waals surface area contributed by atoms with Crippen LogP contribution in [0.5, 0.6) is 5.75 Å². The number of benzene rings is 2. The van der Waals surface area contributed by atoms with Crippen molar-refractivity contribution in [2.75, 3.05) is 11.5 Å². The summed E-state index contributed by atoms with van der Waals surface area (Å²) in [5.41, 5.74) is -1.73. The van der Waals surface area contributed by atoms with Gasteiger partial charge < -0.3 is 15.3 Å². The van der Waals surface area contributed by atoms with E-state index < -0.39 is 71.4 Å². The van der Waals surface area contributed by atoms with E-state index >= 15 is 0 Å². The Hall–Kier alpha value is -4.20. The van der Waals surface area contributed by atoms with Crippen molar-refractivity contribution < 1.29 is 51.3 Å². The van der Waals surface area contributed by atoms with Crippen LogP contribution in [0, 0.1) is 17.8 Å². The SMILES string of the molecule is CC1=C([C@H](O)CC/C(=C/c2ccc(O)cc2Cl)c2ccccn2)[C@H](CO)[C@@H]2C(=O)N(c3cc(C(F)(F)F)cc(C(F)(F)F)c3)C(=O)[C@@H]2C1. The van der Waals surface area contributed by atoms with Crippen LogP contribution in [0.15, 0.2) is 71.9 Å². The molecule has 0 unspecified atom stereocenters. The number of nitrogens with zero attached hydrogens (tertiary/aromatic N) is 2. The third-order valence-corrected chi connectivity index (χ3v) is 9.04. The minimum Gasteiger partial charge on any atom is -0.508 e. The summed E-state index contributed by atoms with van der Waals surface area (Å²) in [6, 6.07) is 10.2. The number of aliphatic hydroxyl groups is 2. The van der Waals surface area contributed by atoms with Gasteiger partial charge in [0.2, 0.25) is 11.8 Å². The lowest BCUT2D eigenvalue weighted by atomic mass is 9.68. The summed E-state index contributed by atoms with van der Waals surface area (Å²) >= 11 is 6.31. The Balaban J connectivity index is 1.45. The van der Waals surface area contributed by atoms with Crippen LogP contribution < -0.4 is 4.90 Å². The fourth-order valence-corrected chi connectivity index (χ4v) is 6.76. The molecule has 1 aromatic heterocycles. The molecular formula is C34H29ClF6N2O5. The van der Waals surface area contributed by atoms with Crippen LogP contribution in [0.25, 0.3) is 11.6 Å². The number of hydrogen-bond donors (Lipinski definition) is 3. The minimum atomic E-state index is -5.20. The van der Waals surface area contributed by atoms with Crippen molar-refractivity contribution in [2.24, 2.45) is 17.8 Å². The second-order valence-corrected chi connectivity index (χ2v) is 12.2. The van der Waals surface area contributed by atoms with Gasteiger partial charge >= 0.3 is 12.4 Å². The lowest BCUT2D eigenvalue weighted by Crippen LogP contribution is -2.38. The standard InChI is InChI=1S/C34H29ClF6N2O5/c1-17-10-24-30(32(48)43(31(24)47)22-13-20(33(36,37)38)12-21(14-22)34(39,40)41)25(16-44)29(17)28(46)8-6-19(27-4-2-3-9-42-27)11-18-5-7-23(45)15-26(18)35/h2-5,7,9,11-15,24-25,28,30,44-46H,6,8,10,16H2,1H3/b19-11-/t24-,25+,28-,30-/m1/s1. The minimum absolute atomic E-state index is 0.0348. The van der Waals surface area contributed by atoms with E-state index in [1.54, 1.807) is 43.5 Å². The fourth-order valence-electron chi connectivity index (χ4n) is 6.53. The maximum atomic E-state index is 13.7. The molecule has 0 saturated carbocycles. The number of hydrogen-bond acceptors (Lipinski definition) is 6. The van der Waals surface area contributed by atoms with Gasteiger partial charge in [-0.1, -0.05) is 23.2 Å². The van der Waals surface area contributed by atoms with Gasteiger partial charge in [0.05, 0.1) is 52.1 Å². The average molecular weight is 695 g/mol. The molecule has 1 saturated heterocycles. The summed E-state index contributed by atoms with van der Waals surface area (Å²) in [6.07, 6.45) is -8.19. The van der Waals surface area contributed by atoms with Crippen molar-refractivity contribution >= 4 is 40.8 Å². The molecule has 0 spiro atoms. The molecule has 254 valence electrons. The van der Waals surface area contributed by atoms with Gasteiger partial charge in [-0.05, 0) is 97.5 Å². The highest BCUT2D eigenvalue weighted by Crippen LogP contribution is 2.48. The molecular weight excluding hydrogens is 666 g/mol. The summed E-state index contributed by atoms with van der Waals surface area (Å²) in [5.74, 6) is -5.73. The molecule has 1 aliphatic heterocycles. The summed E-state index contributed by atoms with van der Waals surface area (Å²) in [4.78, 5) is 31.9. The molecule has 2 aliphatic rings. The summed E-state index contributed by atoms with van der Waals surface area (Å²) in [5, 5.41) is 31.9. The van der Waals surface area contributed by atoms with Crippen LogP contribution in [0.4, 0.5) is 32.0 Å². The molecule has 1 fully saturated rings. The zero-order chi connectivity index (χ0) is 35.1. The number of allylic oxidation sites excluding steroid dienone is 2. The lowest BCUT2D eigenvalue weighted by molar-refractivity contribution is -0.143. The van der Waals surface area contributed by atoms with Crippen LogP contribution in [0.3, 0.4) is 0 Å². The Kier molecular flexibility index (Phi) is 9.78. The topological polar surface area (TPSA) is 111 Å². The van der Waals surface area contributed by atoms with Gasteiger partial charge in [0, 0.05) is 12.1 Å². The maximum absolute atomic E-state index is 13.7. The predicted molar refractivity (Wildman–Crippen MR) is 164 cm³/mol. The first kappa shape index (κ1) is 35.1. The number of aromatic nitrogens is 1. The smallest absolute Gasteiger partial charge is 0.416 e. The highest BCUT2D eigenvalue weighted by molar-refractivity contribution is 6.32. The van der Waals surface area contributed by atoms with Crippen molar-refractivity contribution in [3.05, 3.63) is 99.3 Å². The number of amides is 2. The lowest BCUT2D eigenvalue weighted by Gasteiger charge is -2.35. The highest BCUT2D eigenvalue weighted by atomic mass is 35.5. The number of aromatic hydroxyl groups is 1. The molecule has 3 aromatic rings. The largest absolute Gasteiger partial charge is 0.508 e. The molecule has 4 atom stereocenters. The van der Waals surface area contributed by atoms with Crippen molar-refractivity contribution in [3.8, 4) is 5.75 Å². The molecule has 48 heavy (non-hydrogen) atoms. The molecule has 2 heterocycles. The molecule has 1 aliphatic carbocycles. The second kappa shape index (κ2) is 13.4. The van der Waals surface area contributed by atoms with Gasteiger partial charge in [-0.15, -0.1) is 0 Å². The number of alkyl halides is 6. The van der Waals surface area contributed by atoms with Gasteiger partial charge in [0.1, 0.15) is 5.75 Å². The predicted octanol–water partition coefficient (Wildman–Crippen LogP) is 7.29. The number of carbonyl (C=O) groups excluding carboxylic acids is 2. The van der Waals surface area contributed by atoms with Gasteiger partial charge in [-0.2, -0.15) is 26.3 Å². The van der Waals surface area contributed by atoms with Crippen molar-refractivity contribution in [2.45, 2.75) is 44.6 Å². The van der Waals surface area contributed by atoms with E-state index in [2.05, 4.69) is 4.98 Å².